The molecule has 174 valence electrons. The number of rotatable bonds is 15. The molecule has 0 aliphatic carbocycles. The molecule has 5 nitrogen and oxygen atoms in total. The highest BCUT2D eigenvalue weighted by atomic mass is 35.5. The van der Waals surface area contributed by atoms with Crippen LogP contribution in [0.1, 0.15) is 64.0 Å². The topological polar surface area (TPSA) is 46.2 Å². The van der Waals surface area contributed by atoms with E-state index in [-0.39, 0.29) is 12.4 Å². The molecule has 0 atom stereocenters. The Morgan fingerprint density at radius 1 is 0.767 bits per heavy atom. The lowest BCUT2D eigenvalue weighted by molar-refractivity contribution is 0.0101. The summed E-state index contributed by atoms with van der Waals surface area (Å²) in [5.41, 5.74) is 2.44. The zero-order valence-corrected chi connectivity index (χ0v) is 22.3. The molecule has 30 heavy (non-hydrogen) atoms. The summed E-state index contributed by atoms with van der Waals surface area (Å²) in [6, 6.07) is 4.12. The van der Waals surface area contributed by atoms with Gasteiger partial charge in [0.2, 0.25) is 23.1 Å². The molecule has 1 aromatic carbocycles. The van der Waals surface area contributed by atoms with Gasteiger partial charge in [0.05, 0.1) is 33.0 Å². The number of benzene rings is 1. The van der Waals surface area contributed by atoms with Crippen LogP contribution in [0.15, 0.2) is 12.1 Å². The van der Waals surface area contributed by atoms with E-state index < -0.39 is 0 Å². The number of fused-ring (bicyclic) bond motifs is 1. The van der Waals surface area contributed by atoms with Gasteiger partial charge < -0.3 is 23.7 Å². The lowest BCUT2D eigenvalue weighted by Gasteiger charge is -2.11. The monoisotopic (exact) mass is 460 g/mol. The predicted molar refractivity (Wildman–Crippen MR) is 128 cm³/mol. The van der Waals surface area contributed by atoms with Gasteiger partial charge in [-0.05, 0) is 36.1 Å². The third kappa shape index (κ3) is 13.0. The zero-order valence-electron chi connectivity index (χ0n) is 19.5. The third-order valence-electron chi connectivity index (χ3n) is 4.57. The molecule has 0 radical (unpaired) electrons. The standard InChI is InChI=1S/C19H30O5.C4H9.Al.ClH.2H/c1-3-5-7-20-8-9-21-10-11-22-14-17-13-19-18(23-15-24-19)12-16(17)6-4-2;1-3-4-2;;;;/h12-13H,3-11,14-15H2,1-2H3;1,3-4H2,2H3;;1H;;. The number of hydrogen-bond acceptors (Lipinski definition) is 5. The smallest absolute Gasteiger partial charge is 0.231 e. The molecular weight excluding hydrogens is 419 g/mol. The van der Waals surface area contributed by atoms with Crippen LogP contribution in [0.25, 0.3) is 0 Å². The van der Waals surface area contributed by atoms with E-state index in [0.29, 0.717) is 39.8 Å². The van der Waals surface area contributed by atoms with Crippen LogP contribution < -0.4 is 9.47 Å². The zero-order chi connectivity index (χ0) is 21.2. The highest BCUT2D eigenvalue weighted by molar-refractivity contribution is 6.08. The summed E-state index contributed by atoms with van der Waals surface area (Å²) in [5, 5.41) is 1.48. The molecule has 1 aliphatic heterocycles. The van der Waals surface area contributed by atoms with E-state index in [4.69, 9.17) is 23.7 Å². The van der Waals surface area contributed by atoms with Crippen molar-refractivity contribution in [3.63, 3.8) is 0 Å². The second-order valence-corrected chi connectivity index (χ2v) is 8.21. The van der Waals surface area contributed by atoms with Crippen LogP contribution in [0, 0.1) is 0 Å². The van der Waals surface area contributed by atoms with Gasteiger partial charge in [-0.25, -0.2) is 0 Å². The van der Waals surface area contributed by atoms with Crippen LogP contribution in [0.5, 0.6) is 11.5 Å². The molecule has 1 aromatic rings. The van der Waals surface area contributed by atoms with Crippen molar-refractivity contribution < 1.29 is 23.7 Å². The number of hydrogen-bond donors (Lipinski definition) is 0. The minimum absolute atomic E-state index is 0. The van der Waals surface area contributed by atoms with Crippen molar-refractivity contribution >= 4 is 28.7 Å². The molecule has 1 aliphatic rings. The Hall–Kier alpha value is -0.478. The average Bonchev–Trinajstić information content (AvgIpc) is 3.18. The van der Waals surface area contributed by atoms with Crippen LogP contribution >= 0.6 is 12.4 Å². The van der Waals surface area contributed by atoms with Crippen molar-refractivity contribution in [2.45, 2.75) is 71.2 Å². The lowest BCUT2D eigenvalue weighted by Crippen LogP contribution is -2.10. The summed E-state index contributed by atoms with van der Waals surface area (Å²) in [4.78, 5) is 0. The van der Waals surface area contributed by atoms with Gasteiger partial charge in [-0.1, -0.05) is 46.5 Å². The van der Waals surface area contributed by atoms with Crippen LogP contribution in [0.4, 0.5) is 0 Å². The fraction of sp³-hybridized carbons (Fsp3) is 0.739. The van der Waals surface area contributed by atoms with E-state index in [2.05, 4.69) is 26.8 Å². The average molecular weight is 461 g/mol. The van der Waals surface area contributed by atoms with Gasteiger partial charge >= 0.3 is 0 Å². The van der Waals surface area contributed by atoms with E-state index in [1.54, 1.807) is 0 Å². The maximum atomic E-state index is 5.75. The van der Waals surface area contributed by atoms with Gasteiger partial charge in [0.1, 0.15) is 0 Å². The van der Waals surface area contributed by atoms with Gasteiger partial charge in [-0.15, -0.1) is 17.7 Å². The maximum Gasteiger partial charge on any atom is 0.231 e. The van der Waals surface area contributed by atoms with Gasteiger partial charge in [0, 0.05) is 6.61 Å². The van der Waals surface area contributed by atoms with E-state index in [1.807, 2.05) is 6.07 Å². The van der Waals surface area contributed by atoms with Gasteiger partial charge in [0.25, 0.3) is 0 Å². The summed E-state index contributed by atoms with van der Waals surface area (Å²) in [7, 11) is 0. The molecule has 2 rings (SSSR count). The van der Waals surface area contributed by atoms with Gasteiger partial charge in [-0.3, -0.25) is 0 Å². The highest BCUT2D eigenvalue weighted by Gasteiger charge is 2.16. The van der Waals surface area contributed by atoms with Crippen molar-refractivity contribution in [3.8, 4) is 11.5 Å². The molecule has 0 amide bonds. The van der Waals surface area contributed by atoms with Crippen molar-refractivity contribution in [1.29, 1.82) is 0 Å². The molecule has 0 unspecified atom stereocenters. The van der Waals surface area contributed by atoms with Gasteiger partial charge in [0.15, 0.2) is 11.5 Å². The predicted octanol–water partition coefficient (Wildman–Crippen LogP) is 4.98. The molecule has 0 bridgehead atoms. The Labute approximate surface area is 198 Å². The lowest BCUT2D eigenvalue weighted by atomic mass is 10.0. The number of unbranched alkanes of at least 4 members (excludes halogenated alkanes) is 2. The molecule has 7 heteroatoms. The fourth-order valence-electron chi connectivity index (χ4n) is 2.88. The number of ether oxygens (including phenoxy) is 5. The van der Waals surface area contributed by atoms with E-state index in [0.717, 1.165) is 43.8 Å². The summed E-state index contributed by atoms with van der Waals surface area (Å²) in [6.45, 7) is 10.7. The Morgan fingerprint density at radius 2 is 1.33 bits per heavy atom. The fourth-order valence-corrected chi connectivity index (χ4v) is 3.59. The van der Waals surface area contributed by atoms with Crippen LogP contribution in [0.3, 0.4) is 0 Å². The van der Waals surface area contributed by atoms with Crippen molar-refractivity contribution in [2.24, 2.45) is 0 Å². The minimum atomic E-state index is 0. The molecule has 0 N–H and O–H groups in total. The van der Waals surface area contributed by atoms with Crippen LogP contribution in [-0.4, -0.2) is 56.1 Å². The van der Waals surface area contributed by atoms with Crippen LogP contribution in [-0.2, 0) is 27.2 Å². The Bertz CT molecular complexity index is 529. The Morgan fingerprint density at radius 3 is 1.87 bits per heavy atom. The largest absolute Gasteiger partial charge is 0.454 e. The van der Waals surface area contributed by atoms with Crippen molar-refractivity contribution in [1.82, 2.24) is 0 Å². The highest BCUT2D eigenvalue weighted by Crippen LogP contribution is 2.35. The summed E-state index contributed by atoms with van der Waals surface area (Å²) in [6.07, 6.45) is 7.21. The van der Waals surface area contributed by atoms with Crippen molar-refractivity contribution in [3.05, 3.63) is 23.3 Å². The van der Waals surface area contributed by atoms with E-state index in [1.165, 1.54) is 45.5 Å². The molecule has 0 aromatic heterocycles. The Kier molecular flexibility index (Phi) is 20.1. The SMILES string of the molecule is CCCCOCCOCCOCc1cc2c(cc1CCC)OCO2.CCC[CH2][AlH2].Cl. The molecule has 0 fully saturated rings. The first-order valence-corrected chi connectivity index (χ1v) is 12.8. The van der Waals surface area contributed by atoms with E-state index >= 15 is 0 Å². The Balaban J connectivity index is 0.00000125. The second-order valence-electron chi connectivity index (χ2n) is 7.21. The van der Waals surface area contributed by atoms with Crippen molar-refractivity contribution in [2.75, 3.05) is 39.8 Å². The number of aryl methyl sites for hydroxylation is 1. The summed E-state index contributed by atoms with van der Waals surface area (Å²) in [5.74, 6) is 1.66. The first-order chi connectivity index (χ1) is 14.3. The molecule has 1 heterocycles. The molecule has 0 saturated heterocycles. The molecular formula is C23H42AlClO5. The minimum Gasteiger partial charge on any atom is -0.454 e. The summed E-state index contributed by atoms with van der Waals surface area (Å²) >= 11 is 1.40. The molecule has 0 saturated carbocycles. The van der Waals surface area contributed by atoms with Gasteiger partial charge in [-0.2, -0.15) is 0 Å². The summed E-state index contributed by atoms with van der Waals surface area (Å²) < 4.78 is 27.6. The third-order valence-corrected chi connectivity index (χ3v) is 5.27. The quantitative estimate of drug-likeness (QED) is 0.273. The first-order valence-electron chi connectivity index (χ1n) is 11.4. The second kappa shape index (κ2) is 20.4. The normalized spacial score (nSPS) is 11.6. The molecule has 0 spiro atoms. The first kappa shape index (κ1) is 29.5. The van der Waals surface area contributed by atoms with E-state index in [9.17, 15) is 0 Å². The van der Waals surface area contributed by atoms with Crippen LogP contribution in [0.2, 0.25) is 5.28 Å². The maximum absolute atomic E-state index is 5.75. The number of halogens is 1.